The molecule has 1 aliphatic heterocycles. The molecule has 0 radical (unpaired) electrons. The van der Waals surface area contributed by atoms with Gasteiger partial charge in [-0.3, -0.25) is 14.8 Å². The monoisotopic (exact) mass is 378 g/mol. The van der Waals surface area contributed by atoms with Crippen LogP contribution in [0.5, 0.6) is 0 Å². The third kappa shape index (κ3) is 2.07. The number of aryl methyl sites for hydroxylation is 2. The zero-order valence-corrected chi connectivity index (χ0v) is 16.1. The molecule has 1 aromatic carbocycles. The third-order valence-electron chi connectivity index (χ3n) is 6.29. The van der Waals surface area contributed by atoms with Crippen LogP contribution in [-0.4, -0.2) is 38.2 Å². The van der Waals surface area contributed by atoms with Crippen molar-refractivity contribution in [3.63, 3.8) is 0 Å². The Labute approximate surface area is 161 Å². The van der Waals surface area contributed by atoms with Gasteiger partial charge in [-0.1, -0.05) is 0 Å². The van der Waals surface area contributed by atoms with Crippen LogP contribution in [0.4, 0.5) is 5.69 Å². The molecular weight excluding hydrogens is 356 g/mol. The van der Waals surface area contributed by atoms with Crippen LogP contribution in [0.15, 0.2) is 18.3 Å². The van der Waals surface area contributed by atoms with E-state index >= 15 is 0 Å². The number of hydrogen-bond donors (Lipinski definition) is 3. The maximum atomic E-state index is 13.0. The van der Waals surface area contributed by atoms with Crippen molar-refractivity contribution >= 4 is 28.5 Å². The van der Waals surface area contributed by atoms with Crippen molar-refractivity contribution in [3.8, 4) is 11.4 Å². The SMILES string of the molecule is CC(C(=O)O)N1C(=O)C(C)(C)c2cc3[nH]c4c(c3cc21)CCCc1cn[nH]c1-4. The van der Waals surface area contributed by atoms with Gasteiger partial charge >= 0.3 is 5.97 Å². The molecule has 5 rings (SSSR count). The summed E-state index contributed by atoms with van der Waals surface area (Å²) in [6, 6.07) is 3.09. The van der Waals surface area contributed by atoms with Gasteiger partial charge in [-0.15, -0.1) is 0 Å². The predicted molar refractivity (Wildman–Crippen MR) is 106 cm³/mol. The van der Waals surface area contributed by atoms with Gasteiger partial charge in [0, 0.05) is 16.6 Å². The summed E-state index contributed by atoms with van der Waals surface area (Å²) in [5.41, 5.74) is 6.23. The molecular formula is C21H22N4O3. The molecule has 1 aliphatic carbocycles. The fourth-order valence-electron chi connectivity index (χ4n) is 4.65. The number of rotatable bonds is 2. The van der Waals surface area contributed by atoms with Crippen LogP contribution < -0.4 is 4.90 Å². The van der Waals surface area contributed by atoms with E-state index < -0.39 is 17.4 Å². The molecule has 144 valence electrons. The van der Waals surface area contributed by atoms with Crippen molar-refractivity contribution in [1.82, 2.24) is 15.2 Å². The van der Waals surface area contributed by atoms with Crippen LogP contribution in [0.1, 0.15) is 43.9 Å². The van der Waals surface area contributed by atoms with E-state index in [0.717, 1.165) is 47.1 Å². The first-order chi connectivity index (χ1) is 13.3. The number of fused-ring (bicyclic) bond motifs is 6. The van der Waals surface area contributed by atoms with Crippen LogP contribution in [-0.2, 0) is 27.8 Å². The average Bonchev–Trinajstić information content (AvgIpc) is 3.26. The minimum atomic E-state index is -1.01. The number of benzene rings is 1. The number of amides is 1. The topological polar surface area (TPSA) is 102 Å². The first-order valence-electron chi connectivity index (χ1n) is 9.59. The number of aliphatic carboxylic acids is 1. The molecule has 2 aromatic heterocycles. The molecule has 0 saturated carbocycles. The number of H-pyrrole nitrogens is 2. The van der Waals surface area contributed by atoms with E-state index in [-0.39, 0.29) is 5.91 Å². The van der Waals surface area contributed by atoms with E-state index in [1.54, 1.807) is 6.92 Å². The van der Waals surface area contributed by atoms with E-state index in [4.69, 9.17) is 0 Å². The van der Waals surface area contributed by atoms with Crippen LogP contribution in [0.3, 0.4) is 0 Å². The lowest BCUT2D eigenvalue weighted by Gasteiger charge is -2.24. The molecule has 0 fully saturated rings. The van der Waals surface area contributed by atoms with Gasteiger partial charge in [0.1, 0.15) is 6.04 Å². The molecule has 0 saturated heterocycles. The Morgan fingerprint density at radius 1 is 1.29 bits per heavy atom. The maximum Gasteiger partial charge on any atom is 0.326 e. The molecule has 3 heterocycles. The molecule has 7 heteroatoms. The normalized spacial score (nSPS) is 18.5. The van der Waals surface area contributed by atoms with E-state index in [2.05, 4.69) is 15.2 Å². The Kier molecular flexibility index (Phi) is 3.33. The highest BCUT2D eigenvalue weighted by Gasteiger charge is 2.47. The molecule has 28 heavy (non-hydrogen) atoms. The van der Waals surface area contributed by atoms with Crippen LogP contribution in [0.25, 0.3) is 22.3 Å². The van der Waals surface area contributed by atoms with Gasteiger partial charge < -0.3 is 10.1 Å². The highest BCUT2D eigenvalue weighted by molar-refractivity contribution is 6.13. The summed E-state index contributed by atoms with van der Waals surface area (Å²) in [4.78, 5) is 29.7. The molecule has 2 aliphatic rings. The van der Waals surface area contributed by atoms with E-state index in [0.29, 0.717) is 5.69 Å². The van der Waals surface area contributed by atoms with E-state index in [1.807, 2.05) is 32.2 Å². The number of nitrogens with one attached hydrogen (secondary N) is 2. The van der Waals surface area contributed by atoms with Crippen molar-refractivity contribution in [2.24, 2.45) is 0 Å². The molecule has 1 amide bonds. The van der Waals surface area contributed by atoms with Gasteiger partial charge in [-0.25, -0.2) is 4.79 Å². The van der Waals surface area contributed by atoms with Gasteiger partial charge in [0.2, 0.25) is 5.91 Å². The molecule has 0 spiro atoms. The summed E-state index contributed by atoms with van der Waals surface area (Å²) in [5.74, 6) is -1.18. The minimum absolute atomic E-state index is 0.174. The van der Waals surface area contributed by atoms with E-state index in [9.17, 15) is 14.7 Å². The standard InChI is InChI=1S/C21H22N4O3/c1-10(19(26)27)25-16-7-13-12-6-4-5-11-9-22-24-17(11)18(12)23-15(13)8-14(16)21(2,3)20(25)28/h7-10,23H,4-6H2,1-3H3,(H,22,24)(H,26,27). The lowest BCUT2D eigenvalue weighted by Crippen LogP contribution is -2.45. The first-order valence-corrected chi connectivity index (χ1v) is 9.59. The number of hydrogen-bond acceptors (Lipinski definition) is 3. The highest BCUT2D eigenvalue weighted by Crippen LogP contribution is 2.46. The number of carboxylic acids is 1. The summed E-state index contributed by atoms with van der Waals surface area (Å²) < 4.78 is 0. The smallest absolute Gasteiger partial charge is 0.326 e. The Balaban J connectivity index is 1.78. The summed E-state index contributed by atoms with van der Waals surface area (Å²) in [5, 5.41) is 17.9. The first kappa shape index (κ1) is 17.0. The largest absolute Gasteiger partial charge is 0.480 e. The Bertz CT molecular complexity index is 1150. The highest BCUT2D eigenvalue weighted by atomic mass is 16.4. The minimum Gasteiger partial charge on any atom is -0.480 e. The zero-order chi connectivity index (χ0) is 19.8. The zero-order valence-electron chi connectivity index (χ0n) is 16.1. The fourth-order valence-corrected chi connectivity index (χ4v) is 4.65. The quantitative estimate of drug-likeness (QED) is 0.637. The maximum absolute atomic E-state index is 13.0. The summed E-state index contributed by atoms with van der Waals surface area (Å²) in [6.45, 7) is 5.27. The second-order valence-electron chi connectivity index (χ2n) is 8.33. The lowest BCUT2D eigenvalue weighted by molar-refractivity contribution is -0.139. The molecule has 1 atom stereocenters. The Morgan fingerprint density at radius 2 is 2.07 bits per heavy atom. The number of nitrogens with zero attached hydrogens (tertiary/aromatic N) is 2. The van der Waals surface area contributed by atoms with Gasteiger partial charge in [-0.2, -0.15) is 5.10 Å². The predicted octanol–water partition coefficient (Wildman–Crippen LogP) is 3.14. The number of carbonyl (C=O) groups is 2. The van der Waals surface area contributed by atoms with Gasteiger partial charge in [0.05, 0.1) is 23.0 Å². The summed E-state index contributed by atoms with van der Waals surface area (Å²) in [6.07, 6.45) is 4.79. The van der Waals surface area contributed by atoms with Crippen molar-refractivity contribution in [2.75, 3.05) is 4.90 Å². The second-order valence-corrected chi connectivity index (χ2v) is 8.33. The molecule has 1 unspecified atom stereocenters. The van der Waals surface area contributed by atoms with Gasteiger partial charge in [0.15, 0.2) is 0 Å². The number of carbonyl (C=O) groups excluding carboxylic acids is 1. The van der Waals surface area contributed by atoms with Crippen LogP contribution in [0, 0.1) is 0 Å². The van der Waals surface area contributed by atoms with Gasteiger partial charge in [-0.05, 0) is 68.9 Å². The van der Waals surface area contributed by atoms with Crippen LogP contribution in [0.2, 0.25) is 0 Å². The van der Waals surface area contributed by atoms with Crippen molar-refractivity contribution in [3.05, 3.63) is 35.0 Å². The second kappa shape index (κ2) is 5.47. The van der Waals surface area contributed by atoms with Crippen molar-refractivity contribution < 1.29 is 14.7 Å². The average molecular weight is 378 g/mol. The molecule has 3 N–H and O–H groups in total. The molecule has 3 aromatic rings. The third-order valence-corrected chi connectivity index (χ3v) is 6.29. The fraction of sp³-hybridized carbons (Fsp3) is 0.381. The Morgan fingerprint density at radius 3 is 2.82 bits per heavy atom. The van der Waals surface area contributed by atoms with E-state index in [1.165, 1.54) is 16.0 Å². The number of aromatic nitrogens is 3. The number of aromatic amines is 2. The Hall–Kier alpha value is -3.09. The number of anilines is 1. The van der Waals surface area contributed by atoms with Gasteiger partial charge in [0.25, 0.3) is 0 Å². The summed E-state index contributed by atoms with van der Waals surface area (Å²) in [7, 11) is 0. The number of carboxylic acid groups (broad SMARTS) is 1. The van der Waals surface area contributed by atoms with Crippen LogP contribution >= 0.6 is 0 Å². The molecule has 7 nitrogen and oxygen atoms in total. The van der Waals surface area contributed by atoms with Crippen molar-refractivity contribution in [2.45, 2.75) is 51.5 Å². The van der Waals surface area contributed by atoms with Crippen molar-refractivity contribution in [1.29, 1.82) is 0 Å². The lowest BCUT2D eigenvalue weighted by atomic mass is 9.85. The summed E-state index contributed by atoms with van der Waals surface area (Å²) >= 11 is 0. The molecule has 0 bridgehead atoms.